The third-order valence-electron chi connectivity index (χ3n) is 2.84. The van der Waals surface area contributed by atoms with Crippen molar-refractivity contribution >= 4 is 32.5 Å². The van der Waals surface area contributed by atoms with E-state index in [0.29, 0.717) is 0 Å². The highest BCUT2D eigenvalue weighted by Crippen LogP contribution is 2.24. The summed E-state index contributed by atoms with van der Waals surface area (Å²) < 4.78 is 3.25. The van der Waals surface area contributed by atoms with Crippen molar-refractivity contribution in [1.82, 2.24) is 9.38 Å². The van der Waals surface area contributed by atoms with E-state index in [2.05, 4.69) is 62.7 Å². The van der Waals surface area contributed by atoms with Crippen molar-refractivity contribution in [3.8, 4) is 0 Å². The maximum Gasteiger partial charge on any atom is 0.137 e. The molecule has 3 heteroatoms. The monoisotopic (exact) mass is 274 g/mol. The van der Waals surface area contributed by atoms with E-state index in [0.717, 1.165) is 15.8 Å². The molecule has 0 aliphatic carbocycles. The third-order valence-corrected chi connectivity index (χ3v) is 3.34. The second kappa shape index (κ2) is 3.32. The lowest BCUT2D eigenvalue weighted by Crippen LogP contribution is -1.89. The van der Waals surface area contributed by atoms with E-state index in [-0.39, 0.29) is 0 Å². The Bertz CT molecular complexity index is 698. The van der Waals surface area contributed by atoms with Crippen LogP contribution in [0.4, 0.5) is 0 Å². The number of rotatable bonds is 0. The molecule has 0 aliphatic heterocycles. The van der Waals surface area contributed by atoms with E-state index in [1.54, 1.807) is 0 Å². The fourth-order valence-electron chi connectivity index (χ4n) is 2.12. The number of aryl methyl sites for hydroxylation is 2. The zero-order chi connectivity index (χ0) is 11.3. The van der Waals surface area contributed by atoms with Crippen molar-refractivity contribution in [2.45, 2.75) is 13.8 Å². The topological polar surface area (TPSA) is 17.3 Å². The molecular weight excluding hydrogens is 264 g/mol. The number of hydrogen-bond acceptors (Lipinski definition) is 1. The number of imidazole rings is 1. The minimum absolute atomic E-state index is 1.02. The van der Waals surface area contributed by atoms with E-state index < -0.39 is 0 Å². The summed E-state index contributed by atoms with van der Waals surface area (Å²) in [6.45, 7) is 4.14. The summed E-state index contributed by atoms with van der Waals surface area (Å²) in [6.07, 6.45) is 2.07. The van der Waals surface area contributed by atoms with Crippen LogP contribution in [0.5, 0.6) is 0 Å². The van der Waals surface area contributed by atoms with Crippen LogP contribution in [0.2, 0.25) is 0 Å². The van der Waals surface area contributed by atoms with Gasteiger partial charge in [-0.25, -0.2) is 4.98 Å². The average Bonchev–Trinajstić information content (AvgIpc) is 2.59. The van der Waals surface area contributed by atoms with Crippen LogP contribution in [0.15, 0.2) is 34.9 Å². The number of pyridine rings is 1. The van der Waals surface area contributed by atoms with Gasteiger partial charge in [-0.05, 0) is 43.7 Å². The number of aromatic nitrogens is 2. The molecule has 0 spiro atoms. The molecule has 3 rings (SSSR count). The Morgan fingerprint density at radius 1 is 1.19 bits per heavy atom. The first-order valence-corrected chi connectivity index (χ1v) is 5.99. The zero-order valence-electron chi connectivity index (χ0n) is 9.16. The smallest absolute Gasteiger partial charge is 0.137 e. The van der Waals surface area contributed by atoms with Crippen LogP contribution < -0.4 is 0 Å². The third kappa shape index (κ3) is 1.35. The molecule has 0 radical (unpaired) electrons. The Balaban J connectivity index is 2.58. The molecule has 0 aliphatic rings. The van der Waals surface area contributed by atoms with Gasteiger partial charge in [-0.15, -0.1) is 0 Å². The van der Waals surface area contributed by atoms with Gasteiger partial charge < -0.3 is 0 Å². The minimum Gasteiger partial charge on any atom is -0.299 e. The van der Waals surface area contributed by atoms with Gasteiger partial charge in [0.15, 0.2) is 0 Å². The molecule has 1 aromatic carbocycles. The second-order valence-corrected chi connectivity index (χ2v) is 5.01. The summed E-state index contributed by atoms with van der Waals surface area (Å²) in [5.41, 5.74) is 4.54. The zero-order valence-corrected chi connectivity index (χ0v) is 10.7. The van der Waals surface area contributed by atoms with E-state index >= 15 is 0 Å². The van der Waals surface area contributed by atoms with Gasteiger partial charge in [-0.1, -0.05) is 15.9 Å². The molecule has 0 amide bonds. The molecule has 80 valence electrons. The van der Waals surface area contributed by atoms with E-state index in [9.17, 15) is 0 Å². The first-order chi connectivity index (χ1) is 7.65. The van der Waals surface area contributed by atoms with E-state index in [4.69, 9.17) is 0 Å². The van der Waals surface area contributed by atoms with Gasteiger partial charge >= 0.3 is 0 Å². The lowest BCUT2D eigenvalue weighted by atomic mass is 10.1. The Kier molecular flexibility index (Phi) is 2.04. The number of nitrogens with zero attached hydrogens (tertiary/aromatic N) is 2. The molecule has 0 unspecified atom stereocenters. The van der Waals surface area contributed by atoms with Crippen LogP contribution in [-0.4, -0.2) is 9.38 Å². The van der Waals surface area contributed by atoms with Gasteiger partial charge in [0.2, 0.25) is 0 Å². The maximum atomic E-state index is 4.50. The van der Waals surface area contributed by atoms with Gasteiger partial charge in [-0.2, -0.15) is 0 Å². The van der Waals surface area contributed by atoms with E-state index in [1.807, 2.05) is 6.92 Å². The normalized spacial score (nSPS) is 11.4. The summed E-state index contributed by atoms with van der Waals surface area (Å²) in [6, 6.07) is 8.47. The summed E-state index contributed by atoms with van der Waals surface area (Å²) in [7, 11) is 0. The molecule has 2 nitrogen and oxygen atoms in total. The lowest BCUT2D eigenvalue weighted by molar-refractivity contribution is 1.24. The van der Waals surface area contributed by atoms with Gasteiger partial charge in [0.05, 0.1) is 11.2 Å². The van der Waals surface area contributed by atoms with Gasteiger partial charge in [0.1, 0.15) is 5.65 Å². The summed E-state index contributed by atoms with van der Waals surface area (Å²) in [4.78, 5) is 4.50. The van der Waals surface area contributed by atoms with Crippen LogP contribution in [-0.2, 0) is 0 Å². The van der Waals surface area contributed by atoms with Crippen LogP contribution in [0.1, 0.15) is 11.3 Å². The van der Waals surface area contributed by atoms with Crippen molar-refractivity contribution < 1.29 is 0 Å². The predicted molar refractivity (Wildman–Crippen MR) is 69.9 cm³/mol. The largest absolute Gasteiger partial charge is 0.299 e. The van der Waals surface area contributed by atoms with Crippen molar-refractivity contribution in [1.29, 1.82) is 0 Å². The quantitative estimate of drug-likeness (QED) is 0.608. The minimum atomic E-state index is 1.02. The van der Waals surface area contributed by atoms with Crippen molar-refractivity contribution in [2.24, 2.45) is 0 Å². The van der Waals surface area contributed by atoms with Crippen LogP contribution in [0, 0.1) is 13.8 Å². The lowest BCUT2D eigenvalue weighted by Gasteiger charge is -2.05. The molecule has 0 bridgehead atoms. The molecular formula is C13H11BrN2. The molecule has 2 heterocycles. The molecule has 0 saturated heterocycles. The van der Waals surface area contributed by atoms with Gasteiger partial charge in [0, 0.05) is 16.1 Å². The number of fused-ring (bicyclic) bond motifs is 3. The number of benzene rings is 1. The number of hydrogen-bond donors (Lipinski definition) is 0. The van der Waals surface area contributed by atoms with Gasteiger partial charge in [0.25, 0.3) is 0 Å². The molecule has 3 aromatic rings. The average molecular weight is 275 g/mol. The highest BCUT2D eigenvalue weighted by atomic mass is 79.9. The first kappa shape index (κ1) is 9.85. The van der Waals surface area contributed by atoms with Crippen molar-refractivity contribution in [2.75, 3.05) is 0 Å². The summed E-state index contributed by atoms with van der Waals surface area (Å²) in [5, 5.41) is 1.26. The molecule has 2 aromatic heterocycles. The molecule has 0 atom stereocenters. The summed E-state index contributed by atoms with van der Waals surface area (Å²) in [5.74, 6) is 0. The van der Waals surface area contributed by atoms with Crippen LogP contribution in [0.25, 0.3) is 16.6 Å². The highest BCUT2D eigenvalue weighted by Gasteiger charge is 2.05. The van der Waals surface area contributed by atoms with E-state index in [1.165, 1.54) is 16.5 Å². The maximum absolute atomic E-state index is 4.50. The Morgan fingerprint density at radius 2 is 2.00 bits per heavy atom. The molecule has 0 saturated carbocycles. The standard InChI is InChI=1S/C13H11BrN2/c1-8-5-13-15-9(2)7-16(13)12-4-3-10(14)6-11(8)12/h3-7H,1-2H3. The Labute approximate surface area is 102 Å². The summed E-state index contributed by atoms with van der Waals surface area (Å²) >= 11 is 3.51. The van der Waals surface area contributed by atoms with Crippen molar-refractivity contribution in [3.05, 3.63) is 46.2 Å². The highest BCUT2D eigenvalue weighted by molar-refractivity contribution is 9.10. The second-order valence-electron chi connectivity index (χ2n) is 4.10. The SMILES string of the molecule is Cc1cn2c(cc(C)c3cc(Br)ccc32)n1. The fourth-order valence-corrected chi connectivity index (χ4v) is 2.48. The molecule has 16 heavy (non-hydrogen) atoms. The predicted octanol–water partition coefficient (Wildman–Crippen LogP) is 3.87. The van der Waals surface area contributed by atoms with Crippen LogP contribution >= 0.6 is 15.9 Å². The molecule has 0 N–H and O–H groups in total. The van der Waals surface area contributed by atoms with Crippen molar-refractivity contribution in [3.63, 3.8) is 0 Å². The number of halogens is 1. The fraction of sp³-hybridized carbons (Fsp3) is 0.154. The molecule has 0 fully saturated rings. The van der Waals surface area contributed by atoms with Crippen LogP contribution in [0.3, 0.4) is 0 Å². The first-order valence-electron chi connectivity index (χ1n) is 5.20. The Hall–Kier alpha value is -1.35. The van der Waals surface area contributed by atoms with Gasteiger partial charge in [-0.3, -0.25) is 4.40 Å². The Morgan fingerprint density at radius 3 is 2.81 bits per heavy atom.